The van der Waals surface area contributed by atoms with Gasteiger partial charge in [-0.3, -0.25) is 0 Å². The highest BCUT2D eigenvalue weighted by atomic mass is 15.2. The third kappa shape index (κ3) is 5.22. The summed E-state index contributed by atoms with van der Waals surface area (Å²) < 4.78 is 0. The Morgan fingerprint density at radius 2 is 2.03 bits per heavy atom. The fraction of sp³-hybridized carbons (Fsp3) is 0.167. The first-order chi connectivity index (χ1) is 15.3. The van der Waals surface area contributed by atoms with Gasteiger partial charge in [-0.15, -0.1) is 5.73 Å². The van der Waals surface area contributed by atoms with Crippen LogP contribution >= 0.6 is 0 Å². The van der Waals surface area contributed by atoms with Gasteiger partial charge in [0.1, 0.15) is 6.04 Å². The Bertz CT molecular complexity index is 1190. The van der Waals surface area contributed by atoms with E-state index in [1.807, 2.05) is 31.2 Å². The quantitative estimate of drug-likeness (QED) is 0.440. The van der Waals surface area contributed by atoms with Gasteiger partial charge in [-0.05, 0) is 73.4 Å². The molecule has 0 saturated heterocycles. The van der Waals surface area contributed by atoms with Crippen molar-refractivity contribution in [3.63, 3.8) is 0 Å². The van der Waals surface area contributed by atoms with Gasteiger partial charge in [0.25, 0.3) is 0 Å². The molecule has 0 aliphatic heterocycles. The van der Waals surface area contributed by atoms with E-state index in [1.54, 1.807) is 6.08 Å². The zero-order chi connectivity index (χ0) is 21.3. The third-order valence-electron chi connectivity index (χ3n) is 4.90. The minimum atomic E-state index is -0.208. The van der Waals surface area contributed by atoms with Gasteiger partial charge in [0, 0.05) is 24.1 Å². The largest absolute Gasteiger partial charge is 0.316 e. The van der Waals surface area contributed by atoms with Crippen LogP contribution in [0.1, 0.15) is 31.7 Å². The van der Waals surface area contributed by atoms with E-state index in [0.717, 1.165) is 35.4 Å². The van der Waals surface area contributed by atoms with Crippen LogP contribution in [0.4, 0.5) is 11.4 Å². The van der Waals surface area contributed by atoms with E-state index in [1.165, 1.54) is 5.57 Å². The minimum absolute atomic E-state index is 0.208. The Kier molecular flexibility index (Phi) is 6.45. The zero-order valence-electron chi connectivity index (χ0n) is 17.5. The minimum Gasteiger partial charge on any atom is -0.316 e. The summed E-state index contributed by atoms with van der Waals surface area (Å²) in [4.78, 5) is 2.14. The highest BCUT2D eigenvalue weighted by molar-refractivity contribution is 5.75. The van der Waals surface area contributed by atoms with Crippen LogP contribution in [-0.2, 0) is 0 Å². The molecule has 0 amide bonds. The molecule has 0 heterocycles. The smallest absolute Gasteiger partial charge is 0.115 e. The molecule has 1 nitrogen and oxygen atoms in total. The van der Waals surface area contributed by atoms with Crippen LogP contribution < -0.4 is 4.90 Å². The van der Waals surface area contributed by atoms with Crippen molar-refractivity contribution in [2.24, 2.45) is 0 Å². The summed E-state index contributed by atoms with van der Waals surface area (Å²) >= 11 is 0. The number of hydrogen-bond donors (Lipinski definition) is 0. The van der Waals surface area contributed by atoms with Gasteiger partial charge < -0.3 is 4.90 Å². The molecule has 146 valence electrons. The molecule has 2 aromatic rings. The van der Waals surface area contributed by atoms with Crippen LogP contribution in [0.5, 0.6) is 0 Å². The molecule has 2 aliphatic rings. The standard InChI is InChI=1S/C30H21N/c1-25-14-8-4-2-3-5-11-19-30(24-25)31(28-17-12-7-13-18-28)29-22-20-27(21-23-29)26-15-9-6-10-16-26/h3-4,9,12,15-18,20,22,24,30H,5-6,10H2,1H3/b25-24-. The monoisotopic (exact) mass is 395 g/mol. The van der Waals surface area contributed by atoms with Crippen molar-refractivity contribution in [2.75, 3.05) is 4.90 Å². The Labute approximate surface area is 185 Å². The zero-order valence-corrected chi connectivity index (χ0v) is 17.5. The molecule has 1 atom stereocenters. The third-order valence-corrected chi connectivity index (χ3v) is 4.90. The van der Waals surface area contributed by atoms with Crippen LogP contribution in [0.3, 0.4) is 0 Å². The number of allylic oxidation sites excluding steroid dienone is 6. The molecule has 2 aromatic carbocycles. The normalized spacial score (nSPS) is 18.4. The molecule has 0 aromatic heterocycles. The average molecular weight is 396 g/mol. The molecule has 1 unspecified atom stereocenters. The van der Waals surface area contributed by atoms with Crippen molar-refractivity contribution in [2.45, 2.75) is 32.2 Å². The summed E-state index contributed by atoms with van der Waals surface area (Å²) in [5.74, 6) is 12.8. The Balaban J connectivity index is 1.76. The Morgan fingerprint density at radius 3 is 2.81 bits per heavy atom. The maximum Gasteiger partial charge on any atom is 0.115 e. The van der Waals surface area contributed by atoms with Crippen molar-refractivity contribution in [1.82, 2.24) is 0 Å². The fourth-order valence-electron chi connectivity index (χ4n) is 3.42. The molecule has 0 saturated carbocycles. The van der Waals surface area contributed by atoms with Crippen LogP contribution in [0, 0.1) is 47.9 Å². The van der Waals surface area contributed by atoms with Crippen molar-refractivity contribution in [3.8, 4) is 23.7 Å². The van der Waals surface area contributed by atoms with Crippen LogP contribution in [0.2, 0.25) is 0 Å². The van der Waals surface area contributed by atoms with E-state index in [2.05, 4.69) is 95.0 Å². The SMILES string of the molecule is C/C1=C/C(N(c2c#cc(C3=CCCC=C3)cc2)c2cc#ccc2)C#CCC=C=CC#C1. The van der Waals surface area contributed by atoms with Gasteiger partial charge in [0.05, 0.1) is 11.4 Å². The molecule has 0 fully saturated rings. The number of nitrogens with zero attached hydrogens (tertiary/aromatic N) is 1. The van der Waals surface area contributed by atoms with E-state index >= 15 is 0 Å². The lowest BCUT2D eigenvalue weighted by molar-refractivity contribution is 0.962. The lowest BCUT2D eigenvalue weighted by atomic mass is 10.0. The summed E-state index contributed by atoms with van der Waals surface area (Å²) in [6.07, 6.45) is 15.1. The van der Waals surface area contributed by atoms with Gasteiger partial charge >= 0.3 is 0 Å². The second-order valence-corrected chi connectivity index (χ2v) is 7.19. The first kappa shape index (κ1) is 20.0. The molecule has 31 heavy (non-hydrogen) atoms. The van der Waals surface area contributed by atoms with Gasteiger partial charge in [0.15, 0.2) is 0 Å². The van der Waals surface area contributed by atoms with Gasteiger partial charge in [-0.25, -0.2) is 0 Å². The van der Waals surface area contributed by atoms with E-state index in [4.69, 9.17) is 0 Å². The fourth-order valence-corrected chi connectivity index (χ4v) is 3.42. The van der Waals surface area contributed by atoms with Crippen LogP contribution in [0.15, 0.2) is 78.1 Å². The molecular formula is C30H21N. The molecule has 0 bridgehead atoms. The van der Waals surface area contributed by atoms with E-state index in [-0.39, 0.29) is 6.04 Å². The molecule has 0 spiro atoms. The van der Waals surface area contributed by atoms with Gasteiger partial charge in [-0.1, -0.05) is 60.1 Å². The second kappa shape index (κ2) is 9.98. The molecule has 1 heteroatoms. The molecule has 2 aliphatic carbocycles. The molecular weight excluding hydrogens is 374 g/mol. The summed E-state index contributed by atoms with van der Waals surface area (Å²) in [5.41, 5.74) is 8.11. The summed E-state index contributed by atoms with van der Waals surface area (Å²) in [5, 5.41) is 0. The first-order valence-electron chi connectivity index (χ1n) is 10.4. The lowest BCUT2D eigenvalue weighted by Crippen LogP contribution is -2.28. The maximum atomic E-state index is 3.39. The summed E-state index contributed by atoms with van der Waals surface area (Å²) in [7, 11) is 0. The summed E-state index contributed by atoms with van der Waals surface area (Å²) in [6, 6.07) is 22.5. The Hall–Kier alpha value is -4.26. The van der Waals surface area contributed by atoms with Crippen molar-refractivity contribution in [1.29, 1.82) is 0 Å². The predicted octanol–water partition coefficient (Wildman–Crippen LogP) is 6.20. The van der Waals surface area contributed by atoms with Crippen molar-refractivity contribution >= 4 is 16.9 Å². The van der Waals surface area contributed by atoms with E-state index in [0.29, 0.717) is 6.42 Å². The highest BCUT2D eigenvalue weighted by Gasteiger charge is 2.18. The molecule has 0 radical (unpaired) electrons. The van der Waals surface area contributed by atoms with Crippen LogP contribution in [0.25, 0.3) is 5.57 Å². The topological polar surface area (TPSA) is 3.24 Å². The molecule has 4 rings (SSSR count). The number of hydrogen-bond acceptors (Lipinski definition) is 1. The van der Waals surface area contributed by atoms with Crippen molar-refractivity contribution < 1.29 is 0 Å². The maximum absolute atomic E-state index is 3.39. The predicted molar refractivity (Wildman–Crippen MR) is 127 cm³/mol. The Morgan fingerprint density at radius 1 is 1.06 bits per heavy atom. The summed E-state index contributed by atoms with van der Waals surface area (Å²) in [6.45, 7) is 2.00. The van der Waals surface area contributed by atoms with Crippen molar-refractivity contribution in [3.05, 3.63) is 108 Å². The van der Waals surface area contributed by atoms with Crippen LogP contribution in [-0.4, -0.2) is 6.04 Å². The average Bonchev–Trinajstić information content (AvgIpc) is 2.87. The molecule has 0 N–H and O–H groups in total. The number of rotatable bonds is 4. The van der Waals surface area contributed by atoms with Gasteiger partial charge in [-0.2, -0.15) is 0 Å². The highest BCUT2D eigenvalue weighted by Crippen LogP contribution is 2.28. The first-order valence-corrected chi connectivity index (χ1v) is 10.4. The van der Waals surface area contributed by atoms with Gasteiger partial charge in [0.2, 0.25) is 0 Å². The van der Waals surface area contributed by atoms with E-state index < -0.39 is 0 Å². The van der Waals surface area contributed by atoms with E-state index in [9.17, 15) is 0 Å². The number of anilines is 2. The second-order valence-electron chi connectivity index (χ2n) is 7.19. The lowest BCUT2D eigenvalue weighted by Gasteiger charge is -2.27.